The molecule has 4 aliphatic rings. The predicted octanol–water partition coefficient (Wildman–Crippen LogP) is 3.67. The summed E-state index contributed by atoms with van der Waals surface area (Å²) in [6.45, 7) is 4.96. The van der Waals surface area contributed by atoms with Crippen LogP contribution in [0.5, 0.6) is 0 Å². The highest BCUT2D eigenvalue weighted by molar-refractivity contribution is 6.23. The Labute approximate surface area is 267 Å². The molecule has 5 heterocycles. The monoisotopic (exact) mass is 618 g/mol. The van der Waals surface area contributed by atoms with Crippen LogP contribution in [0.15, 0.2) is 61.1 Å². The fraction of sp³-hybridized carbons (Fsp3) is 0.429. The van der Waals surface area contributed by atoms with Gasteiger partial charge in [0.05, 0.1) is 22.6 Å². The molecular formula is C35H38N8O3. The molecule has 0 spiro atoms. The third kappa shape index (κ3) is 5.07. The molecule has 3 fully saturated rings. The molecule has 1 aliphatic carbocycles. The molecule has 4 aromatic rings. The van der Waals surface area contributed by atoms with Crippen molar-refractivity contribution in [2.24, 2.45) is 0 Å². The topological polar surface area (TPSA) is 117 Å². The highest BCUT2D eigenvalue weighted by atomic mass is 16.2. The number of fused-ring (bicyclic) bond motifs is 2. The number of hydrogen-bond acceptors (Lipinski definition) is 8. The van der Waals surface area contributed by atoms with Crippen molar-refractivity contribution in [3.8, 4) is 11.3 Å². The van der Waals surface area contributed by atoms with E-state index >= 15 is 0 Å². The average Bonchev–Trinajstić information content (AvgIpc) is 3.61. The van der Waals surface area contributed by atoms with Crippen LogP contribution in [-0.2, 0) is 11.3 Å². The number of imide groups is 1. The molecule has 236 valence electrons. The summed E-state index contributed by atoms with van der Waals surface area (Å²) in [4.78, 5) is 54.4. The maximum Gasteiger partial charge on any atom is 0.262 e. The number of benzene rings is 2. The largest absolute Gasteiger partial charge is 0.354 e. The summed E-state index contributed by atoms with van der Waals surface area (Å²) in [7, 11) is 0. The van der Waals surface area contributed by atoms with Gasteiger partial charge < -0.3 is 5.32 Å². The summed E-state index contributed by atoms with van der Waals surface area (Å²) in [5.74, 6) is -0.923. The van der Waals surface area contributed by atoms with E-state index in [0.29, 0.717) is 42.7 Å². The minimum Gasteiger partial charge on any atom is -0.354 e. The van der Waals surface area contributed by atoms with Crippen LogP contribution in [0.25, 0.3) is 22.3 Å². The Balaban J connectivity index is 0.897. The van der Waals surface area contributed by atoms with Gasteiger partial charge in [0, 0.05) is 57.1 Å². The molecule has 0 bridgehead atoms. The van der Waals surface area contributed by atoms with Crippen molar-refractivity contribution in [3.05, 3.63) is 77.7 Å². The first-order valence-corrected chi connectivity index (χ1v) is 16.5. The van der Waals surface area contributed by atoms with Crippen molar-refractivity contribution in [2.75, 3.05) is 32.7 Å². The number of nitrogens with zero attached hydrogens (tertiary/aromatic N) is 7. The number of amides is 3. The minimum absolute atomic E-state index is 0.240. The van der Waals surface area contributed by atoms with Gasteiger partial charge in [0.1, 0.15) is 18.1 Å². The molecule has 0 radical (unpaired) electrons. The van der Waals surface area contributed by atoms with E-state index in [9.17, 15) is 14.4 Å². The van der Waals surface area contributed by atoms with Crippen molar-refractivity contribution >= 4 is 28.8 Å². The lowest BCUT2D eigenvalue weighted by Crippen LogP contribution is -2.52. The lowest BCUT2D eigenvalue weighted by Gasteiger charge is -2.42. The first-order valence-electron chi connectivity index (χ1n) is 16.5. The molecular weight excluding hydrogens is 580 g/mol. The normalized spacial score (nSPS) is 24.4. The molecule has 8 rings (SSSR count). The maximum atomic E-state index is 13.5. The second kappa shape index (κ2) is 12.0. The van der Waals surface area contributed by atoms with Gasteiger partial charge in [-0.2, -0.15) is 5.10 Å². The molecule has 46 heavy (non-hydrogen) atoms. The average molecular weight is 619 g/mol. The number of carbonyl (C=O) groups excluding carboxylic acids is 3. The lowest BCUT2D eigenvalue weighted by molar-refractivity contribution is -0.126. The summed E-state index contributed by atoms with van der Waals surface area (Å²) >= 11 is 0. The van der Waals surface area contributed by atoms with Gasteiger partial charge in [-0.25, -0.2) is 14.6 Å². The van der Waals surface area contributed by atoms with Gasteiger partial charge in [-0.3, -0.25) is 29.1 Å². The minimum atomic E-state index is -0.723. The van der Waals surface area contributed by atoms with Crippen LogP contribution in [0.2, 0.25) is 0 Å². The Kier molecular flexibility index (Phi) is 7.58. The molecule has 2 aromatic heterocycles. The van der Waals surface area contributed by atoms with Gasteiger partial charge in [0.15, 0.2) is 5.65 Å². The van der Waals surface area contributed by atoms with Crippen molar-refractivity contribution in [2.45, 2.75) is 63.2 Å². The Morgan fingerprint density at radius 2 is 1.61 bits per heavy atom. The van der Waals surface area contributed by atoms with Crippen LogP contribution >= 0.6 is 0 Å². The number of piperidine rings is 1. The molecule has 11 nitrogen and oxygen atoms in total. The third-order valence-corrected chi connectivity index (χ3v) is 10.3. The van der Waals surface area contributed by atoms with Gasteiger partial charge >= 0.3 is 0 Å². The van der Waals surface area contributed by atoms with E-state index in [1.807, 2.05) is 36.5 Å². The second-order valence-electron chi connectivity index (χ2n) is 13.0. The SMILES string of the molecule is O=C1NCCCC1N1C(=O)c2cccc(CN3CCN(C4CCC(n5nc(-c6ccccc6)c6cncnc65)CC4)CC3)c2C1=O. The molecule has 3 aliphatic heterocycles. The second-order valence-corrected chi connectivity index (χ2v) is 13.0. The van der Waals surface area contributed by atoms with E-state index in [2.05, 4.69) is 41.9 Å². The summed E-state index contributed by atoms with van der Waals surface area (Å²) in [6, 6.07) is 15.9. The third-order valence-electron chi connectivity index (χ3n) is 10.3. The zero-order valence-corrected chi connectivity index (χ0v) is 25.8. The van der Waals surface area contributed by atoms with E-state index in [1.54, 1.807) is 12.4 Å². The van der Waals surface area contributed by atoms with Crippen LogP contribution in [0, 0.1) is 0 Å². The van der Waals surface area contributed by atoms with Crippen molar-refractivity contribution in [1.82, 2.24) is 39.8 Å². The van der Waals surface area contributed by atoms with Crippen LogP contribution < -0.4 is 5.32 Å². The van der Waals surface area contributed by atoms with E-state index in [1.165, 1.54) is 4.90 Å². The lowest BCUT2D eigenvalue weighted by atomic mass is 9.90. The Morgan fingerprint density at radius 3 is 2.39 bits per heavy atom. The van der Waals surface area contributed by atoms with E-state index < -0.39 is 6.04 Å². The summed E-state index contributed by atoms with van der Waals surface area (Å²) in [5, 5.41) is 8.87. The molecule has 2 aromatic carbocycles. The number of aromatic nitrogens is 4. The molecule has 2 saturated heterocycles. The first-order chi connectivity index (χ1) is 22.6. The fourth-order valence-corrected chi connectivity index (χ4v) is 7.93. The smallest absolute Gasteiger partial charge is 0.262 e. The predicted molar refractivity (Wildman–Crippen MR) is 172 cm³/mol. The number of nitrogens with one attached hydrogen (secondary N) is 1. The first kappa shape index (κ1) is 29.0. The van der Waals surface area contributed by atoms with E-state index in [0.717, 1.165) is 86.1 Å². The summed E-state index contributed by atoms with van der Waals surface area (Å²) in [5.41, 5.74) is 4.69. The molecule has 3 amide bonds. The zero-order valence-electron chi connectivity index (χ0n) is 25.8. The van der Waals surface area contributed by atoms with Gasteiger partial charge in [-0.05, 0) is 50.2 Å². The van der Waals surface area contributed by atoms with Crippen LogP contribution in [0.1, 0.15) is 70.8 Å². The Hall–Kier alpha value is -4.48. The quantitative estimate of drug-likeness (QED) is 0.326. The Bertz CT molecular complexity index is 1790. The van der Waals surface area contributed by atoms with E-state index in [4.69, 9.17) is 5.10 Å². The van der Waals surface area contributed by atoms with Crippen LogP contribution in [0.3, 0.4) is 0 Å². The van der Waals surface area contributed by atoms with Crippen molar-refractivity contribution in [1.29, 1.82) is 0 Å². The number of hydrogen-bond donors (Lipinski definition) is 1. The highest BCUT2D eigenvalue weighted by Gasteiger charge is 2.44. The summed E-state index contributed by atoms with van der Waals surface area (Å²) in [6.07, 6.45) is 9.11. The summed E-state index contributed by atoms with van der Waals surface area (Å²) < 4.78 is 2.14. The van der Waals surface area contributed by atoms with E-state index in [-0.39, 0.29) is 17.7 Å². The highest BCUT2D eigenvalue weighted by Crippen LogP contribution is 2.36. The fourth-order valence-electron chi connectivity index (χ4n) is 7.93. The van der Waals surface area contributed by atoms with Crippen molar-refractivity contribution in [3.63, 3.8) is 0 Å². The maximum absolute atomic E-state index is 13.5. The Morgan fingerprint density at radius 1 is 0.826 bits per heavy atom. The zero-order chi connectivity index (χ0) is 31.2. The van der Waals surface area contributed by atoms with Gasteiger partial charge in [-0.1, -0.05) is 42.5 Å². The number of carbonyl (C=O) groups is 3. The van der Waals surface area contributed by atoms with Crippen LogP contribution in [0.4, 0.5) is 0 Å². The van der Waals surface area contributed by atoms with Crippen molar-refractivity contribution < 1.29 is 14.4 Å². The molecule has 11 heteroatoms. The molecule has 1 N–H and O–H groups in total. The van der Waals surface area contributed by atoms with Crippen LogP contribution in [-0.4, -0.2) is 97.0 Å². The molecule has 1 unspecified atom stereocenters. The van der Waals surface area contributed by atoms with Gasteiger partial charge in [-0.15, -0.1) is 0 Å². The molecule has 1 saturated carbocycles. The van der Waals surface area contributed by atoms with Gasteiger partial charge in [0.25, 0.3) is 11.8 Å². The van der Waals surface area contributed by atoms with Gasteiger partial charge in [0.2, 0.25) is 5.91 Å². The number of piperazine rings is 1. The number of rotatable bonds is 6. The molecule has 1 atom stereocenters. The standard InChI is InChI=1S/C35H38N8O3/c44-33-29(10-5-15-37-33)42-34(45)27-9-4-8-24(30(27)35(42)46)21-40-16-18-41(19-17-40)25-11-13-26(14-12-25)43-32-28(20-36-22-38-32)31(39-43)23-6-2-1-3-7-23/h1-4,6-9,20,22,25-26,29H,5,10-19,21H2,(H,37,44).